The first-order chi connectivity index (χ1) is 11.2. The van der Waals surface area contributed by atoms with E-state index in [1.54, 1.807) is 0 Å². The van der Waals surface area contributed by atoms with Gasteiger partial charge < -0.3 is 20.7 Å². The van der Waals surface area contributed by atoms with Crippen molar-refractivity contribution in [3.63, 3.8) is 0 Å². The van der Waals surface area contributed by atoms with Crippen LogP contribution in [0.25, 0.3) is 0 Å². The molecule has 126 valence electrons. The SMILES string of the molecule is Cc1nc(N2C3CCC2COC3)ccc1NC1CCC(N)CC1. The van der Waals surface area contributed by atoms with Gasteiger partial charge in [0.15, 0.2) is 0 Å². The van der Waals surface area contributed by atoms with Crippen molar-refractivity contribution in [2.45, 2.75) is 69.6 Å². The van der Waals surface area contributed by atoms with Crippen molar-refractivity contribution in [2.24, 2.45) is 5.73 Å². The Kier molecular flexibility index (Phi) is 4.16. The highest BCUT2D eigenvalue weighted by atomic mass is 16.5. The van der Waals surface area contributed by atoms with Crippen molar-refractivity contribution in [3.8, 4) is 0 Å². The first-order valence-electron chi connectivity index (χ1n) is 9.06. The lowest BCUT2D eigenvalue weighted by atomic mass is 9.91. The van der Waals surface area contributed by atoms with Gasteiger partial charge in [0.2, 0.25) is 0 Å². The van der Waals surface area contributed by atoms with E-state index < -0.39 is 0 Å². The standard InChI is InChI=1S/C18H28N4O/c1-12-17(21-14-4-2-13(19)3-5-14)8-9-18(20-12)22-15-6-7-16(22)11-23-10-15/h8-9,13-16,21H,2-7,10-11,19H2,1H3. The molecule has 0 aromatic carbocycles. The lowest BCUT2D eigenvalue weighted by Crippen LogP contribution is -2.46. The largest absolute Gasteiger partial charge is 0.381 e. The van der Waals surface area contributed by atoms with Crippen LogP contribution in [0.3, 0.4) is 0 Å². The van der Waals surface area contributed by atoms with Gasteiger partial charge in [-0.25, -0.2) is 4.98 Å². The van der Waals surface area contributed by atoms with E-state index in [4.69, 9.17) is 15.5 Å². The molecule has 3 aliphatic rings. The molecule has 3 heterocycles. The fourth-order valence-electron chi connectivity index (χ4n) is 4.33. The number of rotatable bonds is 3. The highest BCUT2D eigenvalue weighted by Crippen LogP contribution is 2.34. The van der Waals surface area contributed by atoms with E-state index in [0.29, 0.717) is 24.2 Å². The first-order valence-corrected chi connectivity index (χ1v) is 9.06. The second-order valence-corrected chi connectivity index (χ2v) is 7.39. The van der Waals surface area contributed by atoms with Gasteiger partial charge in [0.1, 0.15) is 5.82 Å². The number of ether oxygens (including phenoxy) is 1. The van der Waals surface area contributed by atoms with Crippen LogP contribution in [0.5, 0.6) is 0 Å². The summed E-state index contributed by atoms with van der Waals surface area (Å²) in [5, 5.41) is 3.68. The Morgan fingerprint density at radius 3 is 2.43 bits per heavy atom. The van der Waals surface area contributed by atoms with Crippen LogP contribution >= 0.6 is 0 Å². The van der Waals surface area contributed by atoms with Gasteiger partial charge in [-0.05, 0) is 57.6 Å². The third kappa shape index (κ3) is 3.04. The lowest BCUT2D eigenvalue weighted by Gasteiger charge is -2.36. The van der Waals surface area contributed by atoms with Gasteiger partial charge >= 0.3 is 0 Å². The molecule has 0 spiro atoms. The van der Waals surface area contributed by atoms with Crippen molar-refractivity contribution in [3.05, 3.63) is 17.8 Å². The predicted octanol–water partition coefficient (Wildman–Crippen LogP) is 2.44. The predicted molar refractivity (Wildman–Crippen MR) is 92.9 cm³/mol. The van der Waals surface area contributed by atoms with Gasteiger partial charge in [-0.3, -0.25) is 0 Å². The molecule has 23 heavy (non-hydrogen) atoms. The number of pyridine rings is 1. The van der Waals surface area contributed by atoms with Gasteiger partial charge in [0.05, 0.1) is 36.7 Å². The van der Waals surface area contributed by atoms with E-state index in [2.05, 4.69) is 29.3 Å². The molecule has 1 saturated carbocycles. The quantitative estimate of drug-likeness (QED) is 0.897. The number of nitrogens with two attached hydrogens (primary N) is 1. The number of hydrogen-bond acceptors (Lipinski definition) is 5. The van der Waals surface area contributed by atoms with E-state index in [0.717, 1.165) is 50.4 Å². The van der Waals surface area contributed by atoms with Crippen molar-refractivity contribution < 1.29 is 4.74 Å². The molecule has 2 saturated heterocycles. The normalized spacial score (nSPS) is 33.7. The summed E-state index contributed by atoms with van der Waals surface area (Å²) in [6.45, 7) is 3.81. The molecule has 0 radical (unpaired) electrons. The fourth-order valence-corrected chi connectivity index (χ4v) is 4.33. The molecule has 4 rings (SSSR count). The van der Waals surface area contributed by atoms with Gasteiger partial charge in [0, 0.05) is 12.1 Å². The molecule has 2 bridgehead atoms. The number of hydrogen-bond donors (Lipinski definition) is 2. The highest BCUT2D eigenvalue weighted by molar-refractivity contribution is 5.55. The summed E-state index contributed by atoms with van der Waals surface area (Å²) in [4.78, 5) is 7.39. The van der Waals surface area contributed by atoms with Crippen molar-refractivity contribution in [2.75, 3.05) is 23.4 Å². The molecule has 0 amide bonds. The molecule has 1 aliphatic carbocycles. The fraction of sp³-hybridized carbons (Fsp3) is 0.722. The highest BCUT2D eigenvalue weighted by Gasteiger charge is 2.38. The van der Waals surface area contributed by atoms with E-state index in [1.165, 1.54) is 18.5 Å². The molecule has 2 atom stereocenters. The maximum atomic E-state index is 6.00. The molecule has 5 heteroatoms. The number of aryl methyl sites for hydroxylation is 1. The Balaban J connectivity index is 1.47. The molecular formula is C18H28N4O. The summed E-state index contributed by atoms with van der Waals surface area (Å²) in [7, 11) is 0. The monoisotopic (exact) mass is 316 g/mol. The number of nitrogens with one attached hydrogen (secondary N) is 1. The summed E-state index contributed by atoms with van der Waals surface area (Å²) < 4.78 is 5.68. The smallest absolute Gasteiger partial charge is 0.129 e. The van der Waals surface area contributed by atoms with Gasteiger partial charge in [-0.15, -0.1) is 0 Å². The van der Waals surface area contributed by atoms with Crippen molar-refractivity contribution in [1.29, 1.82) is 0 Å². The summed E-state index contributed by atoms with van der Waals surface area (Å²) >= 11 is 0. The molecule has 1 aromatic rings. The minimum Gasteiger partial charge on any atom is -0.381 e. The molecule has 2 aliphatic heterocycles. The molecule has 3 N–H and O–H groups in total. The Morgan fingerprint density at radius 2 is 1.78 bits per heavy atom. The third-order valence-electron chi connectivity index (χ3n) is 5.71. The number of aromatic nitrogens is 1. The molecule has 1 aromatic heterocycles. The zero-order valence-corrected chi connectivity index (χ0v) is 14.0. The van der Waals surface area contributed by atoms with Crippen molar-refractivity contribution >= 4 is 11.5 Å². The van der Waals surface area contributed by atoms with E-state index in [1.807, 2.05) is 0 Å². The third-order valence-corrected chi connectivity index (χ3v) is 5.71. The maximum absolute atomic E-state index is 6.00. The van der Waals surface area contributed by atoms with Crippen LogP contribution in [-0.4, -0.2) is 42.4 Å². The Hall–Kier alpha value is -1.33. The summed E-state index contributed by atoms with van der Waals surface area (Å²) in [6, 6.07) is 6.35. The number of nitrogens with zero attached hydrogens (tertiary/aromatic N) is 2. The maximum Gasteiger partial charge on any atom is 0.129 e. The summed E-state index contributed by atoms with van der Waals surface area (Å²) in [6.07, 6.45) is 7.03. The van der Waals surface area contributed by atoms with Gasteiger partial charge in [-0.1, -0.05) is 0 Å². The van der Waals surface area contributed by atoms with Crippen LogP contribution in [-0.2, 0) is 4.74 Å². The van der Waals surface area contributed by atoms with Gasteiger partial charge in [-0.2, -0.15) is 0 Å². The second-order valence-electron chi connectivity index (χ2n) is 7.39. The number of fused-ring (bicyclic) bond motifs is 2. The average Bonchev–Trinajstić information content (AvgIpc) is 2.80. The zero-order valence-electron chi connectivity index (χ0n) is 14.0. The van der Waals surface area contributed by atoms with Crippen LogP contribution in [0.4, 0.5) is 11.5 Å². The van der Waals surface area contributed by atoms with Crippen LogP contribution in [0, 0.1) is 6.92 Å². The van der Waals surface area contributed by atoms with Crippen LogP contribution in [0.15, 0.2) is 12.1 Å². The average molecular weight is 316 g/mol. The van der Waals surface area contributed by atoms with Crippen LogP contribution in [0.1, 0.15) is 44.2 Å². The zero-order chi connectivity index (χ0) is 15.8. The van der Waals surface area contributed by atoms with Crippen LogP contribution in [0.2, 0.25) is 0 Å². The topological polar surface area (TPSA) is 63.4 Å². The minimum atomic E-state index is 0.395. The van der Waals surface area contributed by atoms with Gasteiger partial charge in [0.25, 0.3) is 0 Å². The van der Waals surface area contributed by atoms with E-state index >= 15 is 0 Å². The summed E-state index contributed by atoms with van der Waals surface area (Å²) in [5.41, 5.74) is 8.27. The van der Waals surface area contributed by atoms with E-state index in [9.17, 15) is 0 Å². The summed E-state index contributed by atoms with van der Waals surface area (Å²) in [5.74, 6) is 1.12. The van der Waals surface area contributed by atoms with Crippen molar-refractivity contribution in [1.82, 2.24) is 4.98 Å². The Bertz CT molecular complexity index is 540. The number of morpholine rings is 1. The second kappa shape index (κ2) is 6.29. The Morgan fingerprint density at radius 1 is 1.09 bits per heavy atom. The number of anilines is 2. The van der Waals surface area contributed by atoms with E-state index in [-0.39, 0.29) is 0 Å². The van der Waals surface area contributed by atoms with Crippen LogP contribution < -0.4 is 16.0 Å². The molecule has 5 nitrogen and oxygen atoms in total. The minimum absolute atomic E-state index is 0.395. The Labute approximate surface area is 138 Å². The molecule has 2 unspecified atom stereocenters. The molecule has 3 fully saturated rings. The molecular weight excluding hydrogens is 288 g/mol. The first kappa shape index (κ1) is 15.2. The lowest BCUT2D eigenvalue weighted by molar-refractivity contribution is 0.0902.